The molecule has 1 N–H and O–H groups in total. The molecular formula is C20H17ClFN5O. The molecule has 0 aliphatic carbocycles. The second-order valence-electron chi connectivity index (χ2n) is 6.29. The van der Waals surface area contributed by atoms with Crippen LogP contribution in [-0.4, -0.2) is 32.1 Å². The van der Waals surface area contributed by atoms with E-state index in [4.69, 9.17) is 16.3 Å². The van der Waals surface area contributed by atoms with Crippen LogP contribution in [0.1, 0.15) is 17.0 Å². The fourth-order valence-corrected chi connectivity index (χ4v) is 3.05. The van der Waals surface area contributed by atoms with Gasteiger partial charge < -0.3 is 9.64 Å². The highest BCUT2D eigenvalue weighted by Crippen LogP contribution is 2.24. The molecule has 0 spiro atoms. The van der Waals surface area contributed by atoms with Crippen LogP contribution in [0.2, 0.25) is 5.02 Å². The summed E-state index contributed by atoms with van der Waals surface area (Å²) in [7, 11) is 0. The quantitative estimate of drug-likeness (QED) is 0.681. The summed E-state index contributed by atoms with van der Waals surface area (Å²) in [6, 6.07) is 12.5. The average molecular weight is 398 g/mol. The number of rotatable bonds is 6. The molecule has 0 saturated heterocycles. The molecule has 2 aromatic carbocycles. The fraction of sp³-hybridized carbons (Fsp3) is 0.150. The Morgan fingerprint density at radius 2 is 2.04 bits per heavy atom. The zero-order chi connectivity index (χ0) is 19.3. The molecule has 1 aliphatic rings. The van der Waals surface area contributed by atoms with Gasteiger partial charge in [0.2, 0.25) is 5.82 Å². The molecule has 0 saturated carbocycles. The van der Waals surface area contributed by atoms with Crippen molar-refractivity contribution in [3.05, 3.63) is 88.6 Å². The van der Waals surface area contributed by atoms with E-state index in [1.165, 1.54) is 6.07 Å². The van der Waals surface area contributed by atoms with Gasteiger partial charge in [0, 0.05) is 29.9 Å². The highest BCUT2D eigenvalue weighted by atomic mass is 35.5. The SMILES string of the molecule is Fc1cc(Cl)ccc1CN1C=C(c2ccc(OCc3nn[nH]n3)cc2)C=CC1. The average Bonchev–Trinajstić information content (AvgIpc) is 3.23. The van der Waals surface area contributed by atoms with E-state index in [1.54, 1.807) is 12.1 Å². The van der Waals surface area contributed by atoms with Gasteiger partial charge in [0.05, 0.1) is 0 Å². The van der Waals surface area contributed by atoms with Crippen LogP contribution in [0.15, 0.2) is 60.8 Å². The molecule has 3 aromatic rings. The lowest BCUT2D eigenvalue weighted by Crippen LogP contribution is -2.20. The molecule has 0 bridgehead atoms. The number of nitrogens with one attached hydrogen (secondary N) is 1. The predicted octanol–water partition coefficient (Wildman–Crippen LogP) is 3.98. The number of aromatic nitrogens is 4. The van der Waals surface area contributed by atoms with Gasteiger partial charge in [-0.1, -0.05) is 47.2 Å². The first-order valence-corrected chi connectivity index (χ1v) is 9.07. The second kappa shape index (κ2) is 8.22. The number of benzene rings is 2. The molecule has 142 valence electrons. The van der Waals surface area contributed by atoms with Crippen LogP contribution in [0.3, 0.4) is 0 Å². The third-order valence-corrected chi connectivity index (χ3v) is 4.53. The van der Waals surface area contributed by atoms with Crippen LogP contribution in [0.25, 0.3) is 5.57 Å². The van der Waals surface area contributed by atoms with Crippen molar-refractivity contribution in [3.8, 4) is 5.75 Å². The summed E-state index contributed by atoms with van der Waals surface area (Å²) in [6.45, 7) is 1.44. The number of tetrazole rings is 1. The summed E-state index contributed by atoms with van der Waals surface area (Å²) >= 11 is 5.83. The molecule has 1 aliphatic heterocycles. The maximum absolute atomic E-state index is 14.1. The van der Waals surface area contributed by atoms with E-state index in [9.17, 15) is 4.39 Å². The third kappa shape index (κ3) is 4.37. The highest BCUT2D eigenvalue weighted by Gasteiger charge is 2.11. The topological polar surface area (TPSA) is 66.9 Å². The second-order valence-corrected chi connectivity index (χ2v) is 6.73. The molecule has 0 fully saturated rings. The van der Waals surface area contributed by atoms with Crippen LogP contribution < -0.4 is 4.74 Å². The number of H-pyrrole nitrogens is 1. The molecule has 4 rings (SSSR count). The Morgan fingerprint density at radius 3 is 2.79 bits per heavy atom. The minimum atomic E-state index is -0.292. The van der Waals surface area contributed by atoms with Gasteiger partial charge in [-0.15, -0.1) is 10.2 Å². The van der Waals surface area contributed by atoms with Gasteiger partial charge in [0.1, 0.15) is 11.6 Å². The van der Waals surface area contributed by atoms with E-state index in [0.717, 1.165) is 17.7 Å². The van der Waals surface area contributed by atoms with Crippen molar-refractivity contribution in [1.82, 2.24) is 25.5 Å². The van der Waals surface area contributed by atoms with E-state index in [0.29, 0.717) is 28.7 Å². The molecular weight excluding hydrogens is 381 g/mol. The van der Waals surface area contributed by atoms with Gasteiger partial charge in [-0.2, -0.15) is 5.21 Å². The number of ether oxygens (including phenoxy) is 1. The number of allylic oxidation sites excluding steroid dienone is 2. The molecule has 0 radical (unpaired) electrons. The van der Waals surface area contributed by atoms with Crippen LogP contribution in [0, 0.1) is 5.82 Å². The molecule has 0 atom stereocenters. The van der Waals surface area contributed by atoms with Gasteiger partial charge in [-0.05, 0) is 35.4 Å². The number of hydrogen-bond acceptors (Lipinski definition) is 5. The maximum atomic E-state index is 14.1. The summed E-state index contributed by atoms with van der Waals surface area (Å²) in [5, 5.41) is 14.0. The van der Waals surface area contributed by atoms with E-state index in [1.807, 2.05) is 30.5 Å². The molecule has 6 nitrogen and oxygen atoms in total. The summed E-state index contributed by atoms with van der Waals surface area (Å²) < 4.78 is 19.7. The number of hydrogen-bond donors (Lipinski definition) is 1. The number of halogens is 2. The molecule has 0 unspecified atom stereocenters. The first-order valence-electron chi connectivity index (χ1n) is 8.69. The number of nitrogens with zero attached hydrogens (tertiary/aromatic N) is 4. The van der Waals surface area contributed by atoms with Crippen molar-refractivity contribution < 1.29 is 9.13 Å². The monoisotopic (exact) mass is 397 g/mol. The third-order valence-electron chi connectivity index (χ3n) is 4.29. The Bertz CT molecular complexity index is 1000. The van der Waals surface area contributed by atoms with Crippen molar-refractivity contribution in [3.63, 3.8) is 0 Å². The first kappa shape index (κ1) is 18.2. The molecule has 8 heteroatoms. The zero-order valence-electron chi connectivity index (χ0n) is 14.8. The zero-order valence-corrected chi connectivity index (χ0v) is 15.6. The molecule has 2 heterocycles. The van der Waals surface area contributed by atoms with Crippen molar-refractivity contribution >= 4 is 17.2 Å². The lowest BCUT2D eigenvalue weighted by atomic mass is 10.0. The minimum absolute atomic E-state index is 0.249. The van der Waals surface area contributed by atoms with Crippen LogP contribution in [0.4, 0.5) is 4.39 Å². The van der Waals surface area contributed by atoms with Gasteiger partial charge >= 0.3 is 0 Å². The molecule has 0 amide bonds. The van der Waals surface area contributed by atoms with Gasteiger partial charge in [-0.3, -0.25) is 0 Å². The summed E-state index contributed by atoms with van der Waals surface area (Å²) in [6.07, 6.45) is 6.15. The lowest BCUT2D eigenvalue weighted by molar-refractivity contribution is 0.296. The summed E-state index contributed by atoms with van der Waals surface area (Å²) in [4.78, 5) is 2.06. The smallest absolute Gasteiger partial charge is 0.211 e. The van der Waals surface area contributed by atoms with E-state index in [-0.39, 0.29) is 12.4 Å². The Labute approximate surface area is 166 Å². The van der Waals surface area contributed by atoms with Crippen molar-refractivity contribution in [2.24, 2.45) is 0 Å². The van der Waals surface area contributed by atoms with Crippen molar-refractivity contribution in [2.75, 3.05) is 6.54 Å². The summed E-state index contributed by atoms with van der Waals surface area (Å²) in [5.41, 5.74) is 2.70. The van der Waals surface area contributed by atoms with Gasteiger partial charge in [-0.25, -0.2) is 4.39 Å². The van der Waals surface area contributed by atoms with Gasteiger partial charge in [0.15, 0.2) is 6.61 Å². The van der Waals surface area contributed by atoms with Crippen LogP contribution in [0.5, 0.6) is 5.75 Å². The van der Waals surface area contributed by atoms with Crippen molar-refractivity contribution in [1.29, 1.82) is 0 Å². The van der Waals surface area contributed by atoms with E-state index in [2.05, 4.69) is 37.7 Å². The molecule has 1 aromatic heterocycles. The lowest BCUT2D eigenvalue weighted by Gasteiger charge is -2.24. The Hall–Kier alpha value is -3.19. The van der Waals surface area contributed by atoms with E-state index >= 15 is 0 Å². The largest absolute Gasteiger partial charge is 0.485 e. The van der Waals surface area contributed by atoms with Gasteiger partial charge in [0.25, 0.3) is 0 Å². The fourth-order valence-electron chi connectivity index (χ4n) is 2.89. The molecule has 28 heavy (non-hydrogen) atoms. The normalized spacial score (nSPS) is 13.5. The van der Waals surface area contributed by atoms with E-state index < -0.39 is 0 Å². The standard InChI is InChI=1S/C20H17ClFN5O/c21-17-6-3-16(19(22)10-17)12-27-9-1-2-15(11-27)14-4-7-18(8-5-14)28-13-20-23-25-26-24-20/h1-8,10-11H,9,12-13H2,(H,23,24,25,26). The Kier molecular flexibility index (Phi) is 5.34. The van der Waals surface area contributed by atoms with Crippen LogP contribution in [-0.2, 0) is 13.2 Å². The van der Waals surface area contributed by atoms with Crippen LogP contribution >= 0.6 is 11.6 Å². The van der Waals surface area contributed by atoms with Crippen molar-refractivity contribution in [2.45, 2.75) is 13.2 Å². The first-order chi connectivity index (χ1) is 13.7. The number of aromatic amines is 1. The maximum Gasteiger partial charge on any atom is 0.211 e. The predicted molar refractivity (Wildman–Crippen MR) is 104 cm³/mol. The summed E-state index contributed by atoms with van der Waals surface area (Å²) in [5.74, 6) is 0.918. The Balaban J connectivity index is 1.43. The highest BCUT2D eigenvalue weighted by molar-refractivity contribution is 6.30. The minimum Gasteiger partial charge on any atom is -0.485 e. The Morgan fingerprint density at radius 1 is 1.18 bits per heavy atom.